The van der Waals surface area contributed by atoms with Crippen molar-refractivity contribution in [1.82, 2.24) is 5.32 Å². The Morgan fingerprint density at radius 2 is 1.58 bits per heavy atom. The quantitative estimate of drug-likeness (QED) is 0.796. The summed E-state index contributed by atoms with van der Waals surface area (Å²) in [5.74, 6) is 1.02. The summed E-state index contributed by atoms with van der Waals surface area (Å²) in [6, 6.07) is 0. The van der Waals surface area contributed by atoms with E-state index in [-0.39, 0.29) is 5.54 Å². The highest BCUT2D eigenvalue weighted by Crippen LogP contribution is 2.51. The summed E-state index contributed by atoms with van der Waals surface area (Å²) in [6.45, 7) is 2.04. The second-order valence-electron chi connectivity index (χ2n) is 7.70. The molecule has 19 heavy (non-hydrogen) atoms. The van der Waals surface area contributed by atoms with Crippen molar-refractivity contribution in [3.05, 3.63) is 0 Å². The fourth-order valence-corrected chi connectivity index (χ4v) is 4.66. The van der Waals surface area contributed by atoms with E-state index in [1.165, 1.54) is 83.6 Å². The molecule has 2 heteroatoms. The number of nitrogens with one attached hydrogen (secondary N) is 1. The van der Waals surface area contributed by atoms with Gasteiger partial charge in [-0.05, 0) is 62.8 Å². The van der Waals surface area contributed by atoms with E-state index >= 15 is 0 Å². The topological polar surface area (TPSA) is 38.0 Å². The predicted molar refractivity (Wildman–Crippen MR) is 81.1 cm³/mol. The molecule has 0 radical (unpaired) electrons. The van der Waals surface area contributed by atoms with Gasteiger partial charge in [0, 0.05) is 12.1 Å². The molecule has 0 aromatic heterocycles. The van der Waals surface area contributed by atoms with E-state index in [1.807, 2.05) is 0 Å². The van der Waals surface area contributed by atoms with Gasteiger partial charge in [0.15, 0.2) is 0 Å². The van der Waals surface area contributed by atoms with Gasteiger partial charge in [0.25, 0.3) is 0 Å². The third kappa shape index (κ3) is 3.00. The summed E-state index contributed by atoms with van der Waals surface area (Å²) in [6.07, 6.45) is 17.3. The van der Waals surface area contributed by atoms with Crippen LogP contribution in [0.25, 0.3) is 0 Å². The van der Waals surface area contributed by atoms with E-state index in [0.717, 1.165) is 17.9 Å². The van der Waals surface area contributed by atoms with Crippen LogP contribution in [-0.2, 0) is 0 Å². The van der Waals surface area contributed by atoms with Gasteiger partial charge in [0.2, 0.25) is 0 Å². The molecule has 0 bridgehead atoms. The zero-order chi connectivity index (χ0) is 13.2. The molecule has 0 heterocycles. The molecule has 0 atom stereocenters. The van der Waals surface area contributed by atoms with Crippen LogP contribution in [0.5, 0.6) is 0 Å². The monoisotopic (exact) mass is 264 g/mol. The van der Waals surface area contributed by atoms with Crippen molar-refractivity contribution in [2.24, 2.45) is 17.1 Å². The predicted octanol–water partition coefficient (Wildman–Crippen LogP) is 3.60. The van der Waals surface area contributed by atoms with Gasteiger partial charge in [-0.25, -0.2) is 0 Å². The van der Waals surface area contributed by atoms with Crippen molar-refractivity contribution in [1.29, 1.82) is 0 Å². The Kier molecular flexibility index (Phi) is 4.19. The Morgan fingerprint density at radius 1 is 0.895 bits per heavy atom. The molecule has 0 unspecified atom stereocenters. The summed E-state index contributed by atoms with van der Waals surface area (Å²) in [7, 11) is 0. The van der Waals surface area contributed by atoms with Gasteiger partial charge in [-0.2, -0.15) is 0 Å². The highest BCUT2D eigenvalue weighted by atomic mass is 15.0. The van der Waals surface area contributed by atoms with E-state index in [2.05, 4.69) is 5.32 Å². The van der Waals surface area contributed by atoms with Crippen molar-refractivity contribution in [2.45, 2.75) is 82.6 Å². The maximum absolute atomic E-state index is 6.13. The van der Waals surface area contributed by atoms with Crippen molar-refractivity contribution < 1.29 is 0 Å². The summed E-state index contributed by atoms with van der Waals surface area (Å²) >= 11 is 0. The average Bonchev–Trinajstić information content (AvgIpc) is 2.84. The molecule has 0 aromatic carbocycles. The maximum atomic E-state index is 6.13. The first-order valence-corrected chi connectivity index (χ1v) is 8.71. The lowest BCUT2D eigenvalue weighted by Crippen LogP contribution is -2.55. The molecule has 3 rings (SSSR count). The fraction of sp³-hybridized carbons (Fsp3) is 1.00. The minimum atomic E-state index is 0.289. The SMILES string of the molecule is NCC1(NCCC2CCC2)CCC2(CCCC2)CC1. The van der Waals surface area contributed by atoms with E-state index < -0.39 is 0 Å². The first kappa shape index (κ1) is 13.9. The summed E-state index contributed by atoms with van der Waals surface area (Å²) < 4.78 is 0. The Hall–Kier alpha value is -0.0800. The smallest absolute Gasteiger partial charge is 0.0304 e. The van der Waals surface area contributed by atoms with E-state index in [9.17, 15) is 0 Å². The van der Waals surface area contributed by atoms with Crippen LogP contribution in [0.15, 0.2) is 0 Å². The molecule has 3 saturated carbocycles. The van der Waals surface area contributed by atoms with Crippen LogP contribution in [-0.4, -0.2) is 18.6 Å². The van der Waals surface area contributed by atoms with Crippen molar-refractivity contribution in [3.8, 4) is 0 Å². The molecule has 0 aromatic rings. The lowest BCUT2D eigenvalue weighted by atomic mass is 9.66. The molecule has 3 aliphatic carbocycles. The fourth-order valence-electron chi connectivity index (χ4n) is 4.66. The third-order valence-corrected chi connectivity index (χ3v) is 6.60. The normalized spacial score (nSPS) is 29.5. The van der Waals surface area contributed by atoms with Crippen LogP contribution in [0.2, 0.25) is 0 Å². The second kappa shape index (κ2) is 5.73. The first-order chi connectivity index (χ1) is 9.26. The highest BCUT2D eigenvalue weighted by molar-refractivity contribution is 5.00. The van der Waals surface area contributed by atoms with Crippen molar-refractivity contribution in [2.75, 3.05) is 13.1 Å². The molecule has 3 aliphatic rings. The van der Waals surface area contributed by atoms with Crippen LogP contribution in [0, 0.1) is 11.3 Å². The molecule has 0 aliphatic heterocycles. The maximum Gasteiger partial charge on any atom is 0.0304 e. The van der Waals surface area contributed by atoms with Gasteiger partial charge in [-0.15, -0.1) is 0 Å². The average molecular weight is 264 g/mol. The highest BCUT2D eigenvalue weighted by Gasteiger charge is 2.43. The van der Waals surface area contributed by atoms with Crippen LogP contribution < -0.4 is 11.1 Å². The zero-order valence-electron chi connectivity index (χ0n) is 12.6. The lowest BCUT2D eigenvalue weighted by molar-refractivity contribution is 0.112. The zero-order valence-corrected chi connectivity index (χ0v) is 12.6. The Bertz CT molecular complexity index is 280. The minimum Gasteiger partial charge on any atom is -0.329 e. The summed E-state index contributed by atoms with van der Waals surface area (Å²) in [5.41, 5.74) is 7.15. The molecule has 2 nitrogen and oxygen atoms in total. The standard InChI is InChI=1S/C17H32N2/c18-14-17(19-13-6-15-4-3-5-15)11-9-16(10-12-17)7-1-2-8-16/h15,19H,1-14,18H2. The van der Waals surface area contributed by atoms with Crippen LogP contribution >= 0.6 is 0 Å². The number of hydrogen-bond acceptors (Lipinski definition) is 2. The molecule has 3 N–H and O–H groups in total. The molecule has 0 saturated heterocycles. The Balaban J connectivity index is 1.46. The van der Waals surface area contributed by atoms with Gasteiger partial charge >= 0.3 is 0 Å². The van der Waals surface area contributed by atoms with Crippen LogP contribution in [0.1, 0.15) is 77.0 Å². The molecule has 1 spiro atoms. The van der Waals surface area contributed by atoms with E-state index in [1.54, 1.807) is 0 Å². The molecular weight excluding hydrogens is 232 g/mol. The number of nitrogens with two attached hydrogens (primary N) is 1. The molecule has 0 amide bonds. The Labute approximate surface area is 118 Å². The van der Waals surface area contributed by atoms with Crippen LogP contribution in [0.4, 0.5) is 0 Å². The van der Waals surface area contributed by atoms with Gasteiger partial charge in [0.1, 0.15) is 0 Å². The number of rotatable bonds is 5. The van der Waals surface area contributed by atoms with E-state index in [0.29, 0.717) is 0 Å². The molecule has 110 valence electrons. The molecular formula is C17H32N2. The minimum absolute atomic E-state index is 0.289. The van der Waals surface area contributed by atoms with Gasteiger partial charge in [0.05, 0.1) is 0 Å². The second-order valence-corrected chi connectivity index (χ2v) is 7.70. The van der Waals surface area contributed by atoms with E-state index in [4.69, 9.17) is 5.73 Å². The molecule has 3 fully saturated rings. The largest absolute Gasteiger partial charge is 0.329 e. The number of hydrogen-bond donors (Lipinski definition) is 2. The first-order valence-electron chi connectivity index (χ1n) is 8.71. The summed E-state index contributed by atoms with van der Waals surface area (Å²) in [4.78, 5) is 0. The Morgan fingerprint density at radius 3 is 2.11 bits per heavy atom. The van der Waals surface area contributed by atoms with Gasteiger partial charge in [-0.3, -0.25) is 0 Å². The summed E-state index contributed by atoms with van der Waals surface area (Å²) in [5, 5.41) is 3.87. The lowest BCUT2D eigenvalue weighted by Gasteiger charge is -2.45. The van der Waals surface area contributed by atoms with Gasteiger partial charge in [-0.1, -0.05) is 32.1 Å². The van der Waals surface area contributed by atoms with Crippen LogP contribution in [0.3, 0.4) is 0 Å². The third-order valence-electron chi connectivity index (χ3n) is 6.60. The van der Waals surface area contributed by atoms with Gasteiger partial charge < -0.3 is 11.1 Å². The van der Waals surface area contributed by atoms with Crippen molar-refractivity contribution >= 4 is 0 Å². The van der Waals surface area contributed by atoms with Crippen molar-refractivity contribution in [3.63, 3.8) is 0 Å².